The second-order valence-electron chi connectivity index (χ2n) is 3.37. The summed E-state index contributed by atoms with van der Waals surface area (Å²) in [6.45, 7) is 1.97. The van der Waals surface area contributed by atoms with Gasteiger partial charge in [0.15, 0.2) is 3.95 Å². The molecule has 16 heavy (non-hydrogen) atoms. The summed E-state index contributed by atoms with van der Waals surface area (Å²) < 4.78 is 6.13. The molecule has 0 atom stereocenters. The van der Waals surface area contributed by atoms with Gasteiger partial charge in [0.2, 0.25) is 0 Å². The largest absolute Gasteiger partial charge is 0.496 e. The lowest BCUT2D eigenvalue weighted by atomic mass is 10.1. The van der Waals surface area contributed by atoms with Crippen molar-refractivity contribution in [3.05, 3.63) is 32.1 Å². The molecule has 0 aliphatic heterocycles. The quantitative estimate of drug-likeness (QED) is 0.817. The molecule has 0 saturated carbocycles. The summed E-state index contributed by atoms with van der Waals surface area (Å²) in [5.41, 5.74) is 2.90. The van der Waals surface area contributed by atoms with Gasteiger partial charge < -0.3 is 9.72 Å². The Morgan fingerprint density at radius 3 is 2.75 bits per heavy atom. The van der Waals surface area contributed by atoms with Crippen LogP contribution in [0.25, 0.3) is 11.3 Å². The van der Waals surface area contributed by atoms with Crippen LogP contribution in [0, 0.1) is 10.9 Å². The van der Waals surface area contributed by atoms with Gasteiger partial charge in [0.05, 0.1) is 12.8 Å². The van der Waals surface area contributed by atoms with E-state index < -0.39 is 0 Å². The van der Waals surface area contributed by atoms with E-state index in [-0.39, 0.29) is 0 Å². The number of hydrogen-bond donors (Lipinski definition) is 1. The normalized spacial score (nSPS) is 10.4. The molecular weight excluding hydrogens is 262 g/mol. The third kappa shape index (κ3) is 2.14. The summed E-state index contributed by atoms with van der Waals surface area (Å²) in [5.74, 6) is 0.827. The van der Waals surface area contributed by atoms with E-state index in [0.29, 0.717) is 5.02 Å². The molecule has 2 aromatic rings. The van der Waals surface area contributed by atoms with Crippen LogP contribution in [-0.4, -0.2) is 12.1 Å². The van der Waals surface area contributed by atoms with Crippen molar-refractivity contribution in [1.82, 2.24) is 4.98 Å². The van der Waals surface area contributed by atoms with Gasteiger partial charge in [-0.3, -0.25) is 0 Å². The maximum absolute atomic E-state index is 6.04. The van der Waals surface area contributed by atoms with Crippen LogP contribution in [0.15, 0.2) is 17.5 Å². The molecule has 0 aliphatic rings. The molecule has 0 bridgehead atoms. The van der Waals surface area contributed by atoms with Crippen LogP contribution in [0.2, 0.25) is 5.02 Å². The first kappa shape index (κ1) is 11.6. The highest BCUT2D eigenvalue weighted by molar-refractivity contribution is 7.73. The minimum Gasteiger partial charge on any atom is -0.496 e. The van der Waals surface area contributed by atoms with Crippen molar-refractivity contribution >= 4 is 35.2 Å². The van der Waals surface area contributed by atoms with Crippen LogP contribution in [-0.2, 0) is 0 Å². The number of benzene rings is 1. The molecule has 0 spiro atoms. The lowest BCUT2D eigenvalue weighted by molar-refractivity contribution is 0.413. The minimum absolute atomic E-state index is 0.693. The van der Waals surface area contributed by atoms with Crippen LogP contribution >= 0.6 is 35.2 Å². The van der Waals surface area contributed by atoms with Gasteiger partial charge in [0.1, 0.15) is 5.75 Å². The lowest BCUT2D eigenvalue weighted by Crippen LogP contribution is -1.91. The molecule has 0 amide bonds. The monoisotopic (exact) mass is 271 g/mol. The van der Waals surface area contributed by atoms with Crippen molar-refractivity contribution < 1.29 is 4.74 Å². The smallest absolute Gasteiger partial charge is 0.158 e. The maximum Gasteiger partial charge on any atom is 0.158 e. The zero-order valence-electron chi connectivity index (χ0n) is 8.83. The Labute approximate surface area is 108 Å². The van der Waals surface area contributed by atoms with Crippen LogP contribution in [0.1, 0.15) is 5.56 Å². The van der Waals surface area contributed by atoms with Crippen molar-refractivity contribution in [1.29, 1.82) is 0 Å². The fourth-order valence-corrected chi connectivity index (χ4v) is 2.72. The lowest BCUT2D eigenvalue weighted by Gasteiger charge is -2.10. The Hall–Kier alpha value is -0.840. The molecule has 1 N–H and O–H groups in total. The number of aryl methyl sites for hydroxylation is 1. The summed E-state index contributed by atoms with van der Waals surface area (Å²) in [6, 6.07) is 3.76. The number of nitrogens with one attached hydrogen (secondary N) is 1. The van der Waals surface area contributed by atoms with Crippen molar-refractivity contribution in [3.63, 3.8) is 0 Å². The predicted octanol–water partition coefficient (Wildman–Crippen LogP) is 4.44. The Morgan fingerprint density at radius 1 is 1.44 bits per heavy atom. The number of aromatic amines is 1. The molecule has 0 saturated heterocycles. The number of halogens is 1. The summed E-state index contributed by atoms with van der Waals surface area (Å²) in [4.78, 5) is 3.12. The van der Waals surface area contributed by atoms with Gasteiger partial charge in [-0.05, 0) is 36.8 Å². The first-order valence-corrected chi connectivity index (χ1v) is 6.30. The highest BCUT2D eigenvalue weighted by atomic mass is 35.5. The number of aromatic nitrogens is 1. The summed E-state index contributed by atoms with van der Waals surface area (Å²) >= 11 is 12.6. The molecule has 0 fully saturated rings. The topological polar surface area (TPSA) is 25.0 Å². The van der Waals surface area contributed by atoms with Gasteiger partial charge in [-0.1, -0.05) is 11.6 Å². The molecule has 2 nitrogen and oxygen atoms in total. The average Bonchev–Trinajstić information content (AvgIpc) is 2.63. The Bertz CT molecular complexity index is 574. The second kappa shape index (κ2) is 4.57. The van der Waals surface area contributed by atoms with E-state index in [4.69, 9.17) is 28.6 Å². The SMILES string of the molecule is COc1c(C)cc(Cl)cc1-c1csc(=S)[nH]1. The van der Waals surface area contributed by atoms with Gasteiger partial charge in [0, 0.05) is 16.0 Å². The number of rotatable bonds is 2. The van der Waals surface area contributed by atoms with E-state index in [9.17, 15) is 0 Å². The van der Waals surface area contributed by atoms with Crippen LogP contribution in [0.4, 0.5) is 0 Å². The van der Waals surface area contributed by atoms with Crippen molar-refractivity contribution in [3.8, 4) is 17.0 Å². The molecule has 0 aliphatic carbocycles. The fourth-order valence-electron chi connectivity index (χ4n) is 1.61. The first-order valence-electron chi connectivity index (χ1n) is 4.64. The van der Waals surface area contributed by atoms with E-state index in [1.54, 1.807) is 7.11 Å². The van der Waals surface area contributed by atoms with E-state index in [0.717, 1.165) is 26.5 Å². The standard InChI is InChI=1S/C11H10ClNOS2/c1-6-3-7(12)4-8(10(6)14-2)9-5-16-11(15)13-9/h3-5H,1-2H3,(H,13,15). The minimum atomic E-state index is 0.693. The van der Waals surface area contributed by atoms with Gasteiger partial charge in [-0.15, -0.1) is 11.3 Å². The molecule has 0 unspecified atom stereocenters. The molecule has 0 radical (unpaired) electrons. The van der Waals surface area contributed by atoms with Crippen LogP contribution in [0.5, 0.6) is 5.75 Å². The number of H-pyrrole nitrogens is 1. The third-order valence-corrected chi connectivity index (χ3v) is 3.53. The Balaban J connectivity index is 2.67. The molecule has 1 aromatic heterocycles. The Morgan fingerprint density at radius 2 is 2.19 bits per heavy atom. The Kier molecular flexibility index (Phi) is 3.33. The third-order valence-electron chi connectivity index (χ3n) is 2.25. The zero-order valence-corrected chi connectivity index (χ0v) is 11.2. The molecular formula is C11H10ClNOS2. The van der Waals surface area contributed by atoms with Crippen molar-refractivity contribution in [2.45, 2.75) is 6.92 Å². The summed E-state index contributed by atoms with van der Waals surface area (Å²) in [6.07, 6.45) is 0. The summed E-state index contributed by atoms with van der Waals surface area (Å²) in [5, 5.41) is 2.66. The van der Waals surface area contributed by atoms with E-state index in [2.05, 4.69) is 4.98 Å². The molecule has 84 valence electrons. The number of hydrogen-bond acceptors (Lipinski definition) is 3. The van der Waals surface area contributed by atoms with Gasteiger partial charge in [-0.2, -0.15) is 0 Å². The van der Waals surface area contributed by atoms with Crippen LogP contribution in [0.3, 0.4) is 0 Å². The molecule has 1 aromatic carbocycles. The zero-order chi connectivity index (χ0) is 11.7. The van der Waals surface area contributed by atoms with Gasteiger partial charge in [0.25, 0.3) is 0 Å². The van der Waals surface area contributed by atoms with Gasteiger partial charge >= 0.3 is 0 Å². The fraction of sp³-hybridized carbons (Fsp3) is 0.182. The summed E-state index contributed by atoms with van der Waals surface area (Å²) in [7, 11) is 1.65. The maximum atomic E-state index is 6.04. The number of methoxy groups -OCH3 is 1. The van der Waals surface area contributed by atoms with E-state index >= 15 is 0 Å². The molecule has 2 rings (SSSR count). The molecule has 5 heteroatoms. The highest BCUT2D eigenvalue weighted by Gasteiger charge is 2.11. The highest BCUT2D eigenvalue weighted by Crippen LogP contribution is 2.35. The van der Waals surface area contributed by atoms with Crippen LogP contribution < -0.4 is 4.74 Å². The average molecular weight is 272 g/mol. The number of thiazole rings is 1. The van der Waals surface area contributed by atoms with E-state index in [1.807, 2.05) is 24.4 Å². The van der Waals surface area contributed by atoms with Gasteiger partial charge in [-0.25, -0.2) is 0 Å². The second-order valence-corrected chi connectivity index (χ2v) is 5.35. The van der Waals surface area contributed by atoms with Crippen molar-refractivity contribution in [2.24, 2.45) is 0 Å². The van der Waals surface area contributed by atoms with E-state index in [1.165, 1.54) is 11.3 Å². The van der Waals surface area contributed by atoms with Crippen molar-refractivity contribution in [2.75, 3.05) is 7.11 Å². The number of ether oxygens (including phenoxy) is 1. The predicted molar refractivity (Wildman–Crippen MR) is 71.2 cm³/mol. The molecule has 1 heterocycles. The first-order chi connectivity index (χ1) is 7.61.